The Hall–Kier alpha value is -8.47. The zero-order chi connectivity index (χ0) is 47.7. The van der Waals surface area contributed by atoms with Crippen LogP contribution in [0.5, 0.6) is 0 Å². The van der Waals surface area contributed by atoms with Crippen molar-refractivity contribution in [3.63, 3.8) is 0 Å². The molecule has 2 saturated heterocycles. The van der Waals surface area contributed by atoms with Crippen LogP contribution in [0.25, 0.3) is 45.1 Å². The van der Waals surface area contributed by atoms with E-state index in [4.69, 9.17) is 30.9 Å². The van der Waals surface area contributed by atoms with Gasteiger partial charge in [-0.1, -0.05) is 48.5 Å². The van der Waals surface area contributed by atoms with Crippen molar-refractivity contribution in [2.24, 2.45) is 4.99 Å². The van der Waals surface area contributed by atoms with Crippen molar-refractivity contribution in [3.05, 3.63) is 175 Å². The molecule has 2 fully saturated rings. The quantitative estimate of drug-likeness (QED) is 0.114. The van der Waals surface area contributed by atoms with E-state index in [1.807, 2.05) is 78.9 Å². The van der Waals surface area contributed by atoms with Crippen molar-refractivity contribution >= 4 is 45.9 Å². The van der Waals surface area contributed by atoms with Crippen molar-refractivity contribution in [2.45, 2.75) is 12.8 Å². The number of allylic oxidation sites excluding steroid dienone is 1. The van der Waals surface area contributed by atoms with Crippen LogP contribution in [0.4, 0.5) is 23.1 Å². The van der Waals surface area contributed by atoms with Crippen LogP contribution in [-0.2, 0) is 20.7 Å². The molecule has 2 aromatic carbocycles. The topological polar surface area (TPSA) is 195 Å². The molecule has 0 amide bonds. The number of nitrogens with two attached hydrogens (primary N) is 2. The lowest BCUT2D eigenvalue weighted by Crippen LogP contribution is -2.37. The van der Waals surface area contributed by atoms with Crippen LogP contribution in [0.2, 0.25) is 0 Å². The molecule has 9 aromatic rings. The first-order valence-corrected chi connectivity index (χ1v) is 23.3. The summed E-state index contributed by atoms with van der Waals surface area (Å²) in [6.45, 7) is 7.20. The molecule has 12 rings (SSSR count). The number of aromatic nitrogens is 8. The van der Waals surface area contributed by atoms with E-state index in [0.29, 0.717) is 25.2 Å². The second-order valence-electron chi connectivity index (χ2n) is 17.1. The minimum Gasteiger partial charge on any atom is -0.399 e. The van der Waals surface area contributed by atoms with E-state index in [9.17, 15) is 4.79 Å². The third-order valence-corrected chi connectivity index (χ3v) is 12.2. The van der Waals surface area contributed by atoms with Crippen LogP contribution in [0.1, 0.15) is 17.5 Å². The van der Waals surface area contributed by atoms with Gasteiger partial charge in [-0.3, -0.25) is 33.7 Å². The predicted molar refractivity (Wildman–Crippen MR) is 275 cm³/mol. The summed E-state index contributed by atoms with van der Waals surface area (Å²) in [6.07, 6.45) is 14.0. The number of ketones is 1. The van der Waals surface area contributed by atoms with E-state index in [1.165, 1.54) is 0 Å². The number of fused-ring (bicyclic) bond motifs is 2. The summed E-state index contributed by atoms with van der Waals surface area (Å²) in [5.74, 6) is 2.99. The van der Waals surface area contributed by atoms with Crippen LogP contribution in [0.15, 0.2) is 169 Å². The summed E-state index contributed by atoms with van der Waals surface area (Å²) >= 11 is 0. The van der Waals surface area contributed by atoms with E-state index in [2.05, 4.69) is 92.6 Å². The number of rotatable bonds is 10. The maximum atomic E-state index is 12.7. The highest BCUT2D eigenvalue weighted by Crippen LogP contribution is 2.27. The number of carbonyl (C=O) groups is 1. The Morgan fingerprint density at radius 2 is 1.21 bits per heavy atom. The number of H-pyrrole nitrogens is 1. The molecule has 0 spiro atoms. The highest BCUT2D eigenvalue weighted by atomic mass is 16.5. The molecule has 10 heterocycles. The molecule has 16 heteroatoms. The summed E-state index contributed by atoms with van der Waals surface area (Å²) in [4.78, 5) is 39.6. The number of morpholine rings is 2. The SMILES string of the molecule is Nc1cc(-c2cccnc2)[nH]n1.Nc1ccc(-c2cn3c(N4CCOCC4)cccc3n2)cc1.O=C(CC1=CC(c2ccncc2)=NC1)Cc1ccc(-c2cn3c(N4CCOCC4)cccc3n2)cc1. The van der Waals surface area contributed by atoms with Gasteiger partial charge < -0.3 is 30.7 Å². The number of nitrogens with one attached hydrogen (secondary N) is 1. The molecule has 0 atom stereocenters. The summed E-state index contributed by atoms with van der Waals surface area (Å²) in [5, 5.41) is 6.62. The second-order valence-corrected chi connectivity index (χ2v) is 17.1. The van der Waals surface area contributed by atoms with Crippen LogP contribution < -0.4 is 21.3 Å². The zero-order valence-electron chi connectivity index (χ0n) is 38.6. The molecular weight excluding hydrogens is 879 g/mol. The van der Waals surface area contributed by atoms with Crippen LogP contribution >= 0.6 is 0 Å². The smallest absolute Gasteiger partial charge is 0.145 e. The van der Waals surface area contributed by atoms with Crippen molar-refractivity contribution in [1.82, 2.24) is 38.9 Å². The number of carbonyl (C=O) groups excluding carboxylic acids is 1. The highest BCUT2D eigenvalue weighted by molar-refractivity contribution is 6.10. The van der Waals surface area contributed by atoms with Crippen LogP contribution in [0, 0.1) is 0 Å². The minimum atomic E-state index is 0.197. The Kier molecular flexibility index (Phi) is 13.7. The number of hydrogen-bond acceptors (Lipinski definition) is 13. The number of hydrogen-bond donors (Lipinski definition) is 3. The predicted octanol–water partition coefficient (Wildman–Crippen LogP) is 7.64. The van der Waals surface area contributed by atoms with Gasteiger partial charge in [-0.05, 0) is 77.9 Å². The van der Waals surface area contributed by atoms with Crippen molar-refractivity contribution in [3.8, 4) is 33.8 Å². The standard InChI is InChI=1S/C29H27N5O2.C17H18N4O.C8H8N4/c35-25(17-22-18-26(31-19-22)24-8-10-30-11-9-24)16-21-4-6-23(7-5-21)27-20-34-28(32-27)2-1-3-29(34)33-12-14-36-15-13-33;18-14-6-4-13(5-7-14)15-12-21-16(19-15)2-1-3-17(21)20-8-10-22-11-9-20;9-8-4-7(11-12-8)6-2-1-3-10-5-6/h1-11,18,20H,12-17,19H2;1-7,12H,8-11,18H2;1-5H,(H3,9,11,12). The van der Waals surface area contributed by atoms with Gasteiger partial charge in [0, 0.05) is 110 Å². The average molecular weight is 932 g/mol. The van der Waals surface area contributed by atoms with E-state index >= 15 is 0 Å². The lowest BCUT2D eigenvalue weighted by atomic mass is 10.0. The molecule has 0 bridgehead atoms. The lowest BCUT2D eigenvalue weighted by Gasteiger charge is -2.29. The van der Waals surface area contributed by atoms with Crippen molar-refractivity contribution < 1.29 is 14.3 Å². The van der Waals surface area contributed by atoms with Gasteiger partial charge in [0.05, 0.1) is 55.8 Å². The van der Waals surface area contributed by atoms with Crippen molar-refractivity contribution in [1.29, 1.82) is 0 Å². The third kappa shape index (κ3) is 10.8. The number of pyridine rings is 4. The number of ether oxygens (including phenoxy) is 2. The Labute approximate surface area is 405 Å². The van der Waals surface area contributed by atoms with Gasteiger partial charge in [0.15, 0.2) is 0 Å². The number of aromatic amines is 1. The largest absolute Gasteiger partial charge is 0.399 e. The first-order valence-electron chi connectivity index (χ1n) is 23.3. The minimum absolute atomic E-state index is 0.197. The lowest BCUT2D eigenvalue weighted by molar-refractivity contribution is -0.117. The Balaban J connectivity index is 0.000000140. The van der Waals surface area contributed by atoms with Gasteiger partial charge in [-0.2, -0.15) is 5.10 Å². The summed E-state index contributed by atoms with van der Waals surface area (Å²) in [7, 11) is 0. The van der Waals surface area contributed by atoms with Gasteiger partial charge in [0.2, 0.25) is 0 Å². The second kappa shape index (κ2) is 21.2. The average Bonchev–Trinajstić information content (AvgIpc) is 4.25. The summed E-state index contributed by atoms with van der Waals surface area (Å²) in [5.41, 5.74) is 23.8. The summed E-state index contributed by atoms with van der Waals surface area (Å²) in [6, 6.07) is 37.9. The molecule has 0 unspecified atom stereocenters. The molecule has 0 radical (unpaired) electrons. The number of imidazole rings is 2. The molecule has 0 aliphatic carbocycles. The van der Waals surface area contributed by atoms with Crippen LogP contribution in [-0.4, -0.2) is 110 Å². The fourth-order valence-electron chi connectivity index (χ4n) is 8.64. The number of benzene rings is 2. The monoisotopic (exact) mass is 931 g/mol. The fourth-order valence-corrected chi connectivity index (χ4v) is 8.64. The Morgan fingerprint density at radius 3 is 1.77 bits per heavy atom. The molecule has 0 saturated carbocycles. The number of anilines is 4. The number of Topliss-reactive ketones (excluding diaryl/α,β-unsaturated/α-hetero) is 1. The zero-order valence-corrected chi connectivity index (χ0v) is 38.6. The molecule has 3 aliphatic heterocycles. The van der Waals surface area contributed by atoms with Crippen LogP contribution in [0.3, 0.4) is 0 Å². The molecule has 7 aromatic heterocycles. The molecular formula is C54H53N13O3. The molecule has 352 valence electrons. The first-order chi connectivity index (χ1) is 34.4. The van der Waals surface area contributed by atoms with Gasteiger partial charge >= 0.3 is 0 Å². The van der Waals surface area contributed by atoms with Gasteiger partial charge in [0.1, 0.15) is 34.5 Å². The highest BCUT2D eigenvalue weighted by Gasteiger charge is 2.18. The van der Waals surface area contributed by atoms with E-state index < -0.39 is 0 Å². The van der Waals surface area contributed by atoms with Gasteiger partial charge in [0.25, 0.3) is 0 Å². The number of nitrogen functional groups attached to an aromatic ring is 2. The molecule has 3 aliphatic rings. The summed E-state index contributed by atoms with van der Waals surface area (Å²) < 4.78 is 15.2. The van der Waals surface area contributed by atoms with E-state index in [0.717, 1.165) is 137 Å². The fraction of sp³-hybridized carbons (Fsp3) is 0.204. The van der Waals surface area contributed by atoms with E-state index in [-0.39, 0.29) is 5.78 Å². The first kappa shape index (κ1) is 45.3. The molecule has 70 heavy (non-hydrogen) atoms. The van der Waals surface area contributed by atoms with Gasteiger partial charge in [-0.15, -0.1) is 0 Å². The number of nitrogens with zero attached hydrogens (tertiary/aromatic N) is 10. The molecule has 16 nitrogen and oxygen atoms in total. The molecule has 5 N–H and O–H groups in total. The Morgan fingerprint density at radius 1 is 0.614 bits per heavy atom. The number of aliphatic imine (C=N–C) groups is 1. The maximum absolute atomic E-state index is 12.7. The third-order valence-electron chi connectivity index (χ3n) is 12.2. The van der Waals surface area contributed by atoms with Crippen molar-refractivity contribution in [2.75, 3.05) is 80.4 Å². The van der Waals surface area contributed by atoms with Gasteiger partial charge in [-0.25, -0.2) is 9.97 Å². The Bertz CT molecular complexity index is 3240. The van der Waals surface area contributed by atoms with E-state index in [1.54, 1.807) is 30.9 Å². The normalized spacial score (nSPS) is 14.6. The maximum Gasteiger partial charge on any atom is 0.145 e.